The van der Waals surface area contributed by atoms with Crippen LogP contribution >= 0.6 is 11.8 Å². The fourth-order valence-electron chi connectivity index (χ4n) is 1.30. The van der Waals surface area contributed by atoms with Crippen molar-refractivity contribution in [3.05, 3.63) is 23.5 Å². The highest BCUT2D eigenvalue weighted by Gasteiger charge is 2.18. The van der Waals surface area contributed by atoms with Gasteiger partial charge in [-0.05, 0) is 31.5 Å². The number of aryl methyl sites for hydroxylation is 1. The summed E-state index contributed by atoms with van der Waals surface area (Å²) in [5.41, 5.74) is 1.65. The van der Waals surface area contributed by atoms with E-state index in [0.717, 1.165) is 16.1 Å². The molecule has 1 aliphatic rings. The lowest BCUT2D eigenvalue weighted by molar-refractivity contribution is 0.618. The lowest BCUT2D eigenvalue weighted by atomic mass is 10.2. The van der Waals surface area contributed by atoms with Crippen molar-refractivity contribution in [1.82, 2.24) is 0 Å². The van der Waals surface area contributed by atoms with Crippen molar-refractivity contribution in [2.75, 3.05) is 5.32 Å². The van der Waals surface area contributed by atoms with Gasteiger partial charge in [-0.25, -0.2) is 4.39 Å². The van der Waals surface area contributed by atoms with Crippen LogP contribution < -0.4 is 5.32 Å². The van der Waals surface area contributed by atoms with Crippen molar-refractivity contribution in [3.8, 4) is 0 Å². The first-order valence-electron chi connectivity index (χ1n) is 3.90. The van der Waals surface area contributed by atoms with Crippen LogP contribution in [0.25, 0.3) is 0 Å². The molecule has 1 heterocycles. The Morgan fingerprint density at radius 1 is 1.50 bits per heavy atom. The molecule has 2 rings (SSSR count). The van der Waals surface area contributed by atoms with E-state index in [9.17, 15) is 4.39 Å². The molecule has 1 nitrogen and oxygen atoms in total. The Bertz CT molecular complexity index is 294. The first kappa shape index (κ1) is 7.92. The standard InChI is InChI=1S/C9H10FNS/c1-5-3-9-8(4-7(5)10)11-6(2)12-9/h3-4,6,11H,1-2H3. The highest BCUT2D eigenvalue weighted by atomic mass is 32.2. The van der Waals surface area contributed by atoms with E-state index in [2.05, 4.69) is 12.2 Å². The predicted octanol–water partition coefficient (Wildman–Crippen LogP) is 3.00. The fourth-order valence-corrected chi connectivity index (χ4v) is 2.36. The number of hydrogen-bond donors (Lipinski definition) is 1. The minimum absolute atomic E-state index is 0.129. The van der Waals surface area contributed by atoms with Crippen LogP contribution in [-0.4, -0.2) is 5.37 Å². The maximum Gasteiger partial charge on any atom is 0.128 e. The lowest BCUT2D eigenvalue weighted by Gasteiger charge is -2.01. The predicted molar refractivity (Wildman–Crippen MR) is 50.1 cm³/mol. The molecule has 0 spiro atoms. The van der Waals surface area contributed by atoms with Crippen LogP contribution in [0.15, 0.2) is 17.0 Å². The van der Waals surface area contributed by atoms with Gasteiger partial charge in [-0.15, -0.1) is 0 Å². The summed E-state index contributed by atoms with van der Waals surface area (Å²) in [6.45, 7) is 3.86. The third-order valence-electron chi connectivity index (χ3n) is 1.92. The van der Waals surface area contributed by atoms with Gasteiger partial charge in [0, 0.05) is 4.90 Å². The van der Waals surface area contributed by atoms with Gasteiger partial charge in [-0.1, -0.05) is 11.8 Å². The number of benzene rings is 1. The zero-order chi connectivity index (χ0) is 8.72. The summed E-state index contributed by atoms with van der Waals surface area (Å²) in [5, 5.41) is 3.55. The van der Waals surface area contributed by atoms with Crippen molar-refractivity contribution in [2.24, 2.45) is 0 Å². The number of halogens is 1. The van der Waals surface area contributed by atoms with Crippen molar-refractivity contribution in [3.63, 3.8) is 0 Å². The monoisotopic (exact) mass is 183 g/mol. The summed E-state index contributed by atoms with van der Waals surface area (Å²) in [4.78, 5) is 1.15. The molecule has 0 amide bonds. The number of nitrogens with one attached hydrogen (secondary N) is 1. The van der Waals surface area contributed by atoms with Gasteiger partial charge in [-0.2, -0.15) is 0 Å². The molecule has 1 aromatic carbocycles. The normalized spacial score (nSPS) is 20.4. The van der Waals surface area contributed by atoms with Gasteiger partial charge in [0.25, 0.3) is 0 Å². The number of rotatable bonds is 0. The summed E-state index contributed by atoms with van der Waals surface area (Å²) < 4.78 is 13.1. The molecule has 1 unspecified atom stereocenters. The van der Waals surface area contributed by atoms with E-state index in [1.165, 1.54) is 0 Å². The average Bonchev–Trinajstić information content (AvgIpc) is 2.30. The molecule has 64 valence electrons. The highest BCUT2D eigenvalue weighted by molar-refractivity contribution is 8.00. The molecule has 1 aromatic rings. The zero-order valence-corrected chi connectivity index (χ0v) is 7.83. The van der Waals surface area contributed by atoms with Gasteiger partial charge in [0.05, 0.1) is 11.1 Å². The second-order valence-electron chi connectivity index (χ2n) is 3.00. The molecule has 0 fully saturated rings. The molecule has 0 bridgehead atoms. The molecule has 1 N–H and O–H groups in total. The SMILES string of the molecule is Cc1cc2c(cc1F)NC(C)S2. The second kappa shape index (κ2) is 2.66. The Labute approximate surface area is 75.4 Å². The summed E-state index contributed by atoms with van der Waals surface area (Å²) in [6.07, 6.45) is 0. The van der Waals surface area contributed by atoms with E-state index in [1.54, 1.807) is 24.8 Å². The van der Waals surface area contributed by atoms with Gasteiger partial charge in [0.2, 0.25) is 0 Å². The number of fused-ring (bicyclic) bond motifs is 1. The zero-order valence-electron chi connectivity index (χ0n) is 7.02. The van der Waals surface area contributed by atoms with Crippen LogP contribution in [0.4, 0.5) is 10.1 Å². The van der Waals surface area contributed by atoms with Crippen LogP contribution in [0.5, 0.6) is 0 Å². The van der Waals surface area contributed by atoms with Gasteiger partial charge >= 0.3 is 0 Å². The maximum atomic E-state index is 13.1. The summed E-state index contributed by atoms with van der Waals surface area (Å²) in [5.74, 6) is -0.129. The Hall–Kier alpha value is -0.700. The van der Waals surface area contributed by atoms with Crippen molar-refractivity contribution in [1.29, 1.82) is 0 Å². The molecular weight excluding hydrogens is 173 g/mol. The maximum absolute atomic E-state index is 13.1. The van der Waals surface area contributed by atoms with Crippen molar-refractivity contribution < 1.29 is 4.39 Å². The van der Waals surface area contributed by atoms with E-state index < -0.39 is 0 Å². The first-order valence-corrected chi connectivity index (χ1v) is 4.78. The Morgan fingerprint density at radius 3 is 3.00 bits per heavy atom. The van der Waals surface area contributed by atoms with Crippen LogP contribution in [-0.2, 0) is 0 Å². The van der Waals surface area contributed by atoms with E-state index >= 15 is 0 Å². The molecule has 1 atom stereocenters. The van der Waals surface area contributed by atoms with E-state index in [-0.39, 0.29) is 5.82 Å². The first-order chi connectivity index (χ1) is 5.66. The van der Waals surface area contributed by atoms with Gasteiger partial charge in [0.1, 0.15) is 5.82 Å². The molecule has 12 heavy (non-hydrogen) atoms. The fraction of sp³-hybridized carbons (Fsp3) is 0.333. The van der Waals surface area contributed by atoms with Crippen LogP contribution in [0.1, 0.15) is 12.5 Å². The van der Waals surface area contributed by atoms with Crippen molar-refractivity contribution in [2.45, 2.75) is 24.1 Å². The number of hydrogen-bond acceptors (Lipinski definition) is 2. The number of thioether (sulfide) groups is 1. The van der Waals surface area contributed by atoms with E-state index in [0.29, 0.717) is 5.37 Å². The summed E-state index contributed by atoms with van der Waals surface area (Å²) >= 11 is 1.74. The van der Waals surface area contributed by atoms with E-state index in [4.69, 9.17) is 0 Å². The Morgan fingerprint density at radius 2 is 2.25 bits per heavy atom. The molecule has 0 radical (unpaired) electrons. The smallest absolute Gasteiger partial charge is 0.128 e. The van der Waals surface area contributed by atoms with Gasteiger partial charge < -0.3 is 5.32 Å². The third kappa shape index (κ3) is 1.18. The third-order valence-corrected chi connectivity index (χ3v) is 2.99. The lowest BCUT2D eigenvalue weighted by Crippen LogP contribution is -2.02. The topological polar surface area (TPSA) is 12.0 Å². The van der Waals surface area contributed by atoms with Crippen LogP contribution in [0.3, 0.4) is 0 Å². The summed E-state index contributed by atoms with van der Waals surface area (Å²) in [6, 6.07) is 3.47. The van der Waals surface area contributed by atoms with Crippen molar-refractivity contribution >= 4 is 17.4 Å². The summed E-state index contributed by atoms with van der Waals surface area (Å²) in [7, 11) is 0. The Balaban J connectivity index is 2.48. The van der Waals surface area contributed by atoms with Gasteiger partial charge in [0.15, 0.2) is 0 Å². The highest BCUT2D eigenvalue weighted by Crippen LogP contribution is 2.39. The number of anilines is 1. The second-order valence-corrected chi connectivity index (χ2v) is 4.38. The van der Waals surface area contributed by atoms with Gasteiger partial charge in [-0.3, -0.25) is 0 Å². The quantitative estimate of drug-likeness (QED) is 0.663. The van der Waals surface area contributed by atoms with Crippen LogP contribution in [0.2, 0.25) is 0 Å². The van der Waals surface area contributed by atoms with E-state index in [1.807, 2.05) is 6.07 Å². The Kier molecular flexibility index (Phi) is 1.76. The minimum atomic E-state index is -0.129. The molecular formula is C9H10FNS. The molecule has 0 aliphatic carbocycles. The molecule has 3 heteroatoms. The molecule has 1 aliphatic heterocycles. The largest absolute Gasteiger partial charge is 0.372 e. The minimum Gasteiger partial charge on any atom is -0.372 e. The molecule has 0 saturated heterocycles. The average molecular weight is 183 g/mol. The molecule has 0 aromatic heterocycles. The van der Waals surface area contributed by atoms with Crippen LogP contribution in [0, 0.1) is 12.7 Å². The molecule has 0 saturated carbocycles.